The molecule has 1 N–H and O–H groups in total. The molecule has 1 aromatic carbocycles. The molecule has 0 saturated carbocycles. The summed E-state index contributed by atoms with van der Waals surface area (Å²) >= 11 is 1.82. The molecule has 0 radical (unpaired) electrons. The summed E-state index contributed by atoms with van der Waals surface area (Å²) in [6.45, 7) is 4.04. The molecule has 0 fully saturated rings. The number of benzene rings is 1. The van der Waals surface area contributed by atoms with Gasteiger partial charge in [-0.1, -0.05) is 18.2 Å². The Bertz CT molecular complexity index is 503. The number of rotatable bonds is 5. The first-order chi connectivity index (χ1) is 8.66. The number of nitrogens with zero attached hydrogens (tertiary/aromatic N) is 1. The van der Waals surface area contributed by atoms with Crippen molar-refractivity contribution in [2.24, 2.45) is 0 Å². The fourth-order valence-corrected chi connectivity index (χ4v) is 2.78. The van der Waals surface area contributed by atoms with Crippen LogP contribution in [-0.4, -0.2) is 19.0 Å². The van der Waals surface area contributed by atoms with Crippen LogP contribution in [0.2, 0.25) is 0 Å². The molecule has 0 saturated heterocycles. The molecule has 1 aromatic heterocycles. The summed E-state index contributed by atoms with van der Waals surface area (Å²) in [6.07, 6.45) is 0. The van der Waals surface area contributed by atoms with Gasteiger partial charge in [0.15, 0.2) is 0 Å². The number of anilines is 1. The van der Waals surface area contributed by atoms with Gasteiger partial charge in [-0.2, -0.15) is 0 Å². The fourth-order valence-electron chi connectivity index (χ4n) is 1.93. The van der Waals surface area contributed by atoms with Gasteiger partial charge >= 0.3 is 0 Å². The maximum Gasteiger partial charge on any atom is 0.0496 e. The SMILES string of the molecule is Cc1ccsc1CNc1ccccc1CN(C)C. The van der Waals surface area contributed by atoms with Crippen molar-refractivity contribution in [3.63, 3.8) is 0 Å². The highest BCUT2D eigenvalue weighted by Gasteiger charge is 2.04. The molecule has 0 unspecified atom stereocenters. The van der Waals surface area contributed by atoms with Crippen molar-refractivity contribution in [3.05, 3.63) is 51.7 Å². The number of aryl methyl sites for hydroxylation is 1. The molecule has 2 aromatic rings. The van der Waals surface area contributed by atoms with Crippen LogP contribution in [0.1, 0.15) is 16.0 Å². The molecule has 0 aliphatic rings. The van der Waals surface area contributed by atoms with E-state index in [9.17, 15) is 0 Å². The summed E-state index contributed by atoms with van der Waals surface area (Å²) in [5, 5.41) is 5.70. The maximum atomic E-state index is 3.55. The lowest BCUT2D eigenvalue weighted by atomic mass is 10.1. The second-order valence-corrected chi connectivity index (χ2v) is 5.78. The molecule has 0 aliphatic carbocycles. The van der Waals surface area contributed by atoms with Crippen molar-refractivity contribution in [1.82, 2.24) is 4.90 Å². The smallest absolute Gasteiger partial charge is 0.0496 e. The third kappa shape index (κ3) is 3.34. The van der Waals surface area contributed by atoms with Gasteiger partial charge in [0, 0.05) is 23.7 Å². The summed E-state index contributed by atoms with van der Waals surface area (Å²) in [5.41, 5.74) is 3.95. The first-order valence-electron chi connectivity index (χ1n) is 6.16. The van der Waals surface area contributed by atoms with E-state index in [1.54, 1.807) is 0 Å². The monoisotopic (exact) mass is 260 g/mol. The molecule has 2 nitrogen and oxygen atoms in total. The zero-order valence-electron chi connectivity index (χ0n) is 11.2. The first kappa shape index (κ1) is 13.1. The van der Waals surface area contributed by atoms with Crippen LogP contribution in [0.25, 0.3) is 0 Å². The quantitative estimate of drug-likeness (QED) is 0.881. The van der Waals surface area contributed by atoms with Gasteiger partial charge in [0.25, 0.3) is 0 Å². The largest absolute Gasteiger partial charge is 0.380 e. The van der Waals surface area contributed by atoms with Crippen molar-refractivity contribution in [1.29, 1.82) is 0 Å². The van der Waals surface area contributed by atoms with Crippen molar-refractivity contribution >= 4 is 17.0 Å². The summed E-state index contributed by atoms with van der Waals surface area (Å²) in [4.78, 5) is 3.60. The van der Waals surface area contributed by atoms with Crippen molar-refractivity contribution in [3.8, 4) is 0 Å². The molecule has 96 valence electrons. The second-order valence-electron chi connectivity index (χ2n) is 4.78. The van der Waals surface area contributed by atoms with Gasteiger partial charge in [0.05, 0.1) is 0 Å². The summed E-state index contributed by atoms with van der Waals surface area (Å²) < 4.78 is 0. The van der Waals surface area contributed by atoms with E-state index in [1.807, 2.05) is 11.3 Å². The fraction of sp³-hybridized carbons (Fsp3) is 0.333. The van der Waals surface area contributed by atoms with Crippen molar-refractivity contribution in [2.75, 3.05) is 19.4 Å². The Morgan fingerprint density at radius 2 is 1.94 bits per heavy atom. The Hall–Kier alpha value is -1.32. The zero-order chi connectivity index (χ0) is 13.0. The Morgan fingerprint density at radius 3 is 2.61 bits per heavy atom. The van der Waals surface area contributed by atoms with Crippen LogP contribution in [0.15, 0.2) is 35.7 Å². The first-order valence-corrected chi connectivity index (χ1v) is 7.04. The number of hydrogen-bond acceptors (Lipinski definition) is 3. The Morgan fingerprint density at radius 1 is 1.17 bits per heavy atom. The Balaban J connectivity index is 2.07. The number of nitrogens with one attached hydrogen (secondary N) is 1. The second kappa shape index (κ2) is 6.03. The van der Waals surface area contributed by atoms with E-state index >= 15 is 0 Å². The lowest BCUT2D eigenvalue weighted by Gasteiger charge is -2.15. The van der Waals surface area contributed by atoms with E-state index in [2.05, 4.69) is 66.9 Å². The molecule has 0 aliphatic heterocycles. The Kier molecular flexibility index (Phi) is 4.39. The van der Waals surface area contributed by atoms with Crippen LogP contribution >= 0.6 is 11.3 Å². The van der Waals surface area contributed by atoms with Gasteiger partial charge in [0.2, 0.25) is 0 Å². The van der Waals surface area contributed by atoms with Gasteiger partial charge < -0.3 is 10.2 Å². The minimum absolute atomic E-state index is 0.911. The number of para-hydroxylation sites is 1. The topological polar surface area (TPSA) is 15.3 Å². The molecular weight excluding hydrogens is 240 g/mol. The van der Waals surface area contributed by atoms with Crippen LogP contribution in [0.4, 0.5) is 5.69 Å². The van der Waals surface area contributed by atoms with E-state index in [0.29, 0.717) is 0 Å². The van der Waals surface area contributed by atoms with Crippen molar-refractivity contribution < 1.29 is 0 Å². The van der Waals surface area contributed by atoms with Crippen LogP contribution < -0.4 is 5.32 Å². The number of hydrogen-bond donors (Lipinski definition) is 1. The van der Waals surface area contributed by atoms with E-state index in [0.717, 1.165) is 13.1 Å². The third-order valence-corrected chi connectivity index (χ3v) is 3.93. The van der Waals surface area contributed by atoms with Crippen LogP contribution in [-0.2, 0) is 13.1 Å². The zero-order valence-corrected chi connectivity index (χ0v) is 12.1. The van der Waals surface area contributed by atoms with Crippen LogP contribution in [0.3, 0.4) is 0 Å². The molecule has 0 amide bonds. The van der Waals surface area contributed by atoms with E-state index in [1.165, 1.54) is 21.7 Å². The highest BCUT2D eigenvalue weighted by atomic mass is 32.1. The molecule has 0 spiro atoms. The van der Waals surface area contributed by atoms with Gasteiger partial charge in [-0.15, -0.1) is 11.3 Å². The minimum Gasteiger partial charge on any atom is -0.380 e. The highest BCUT2D eigenvalue weighted by molar-refractivity contribution is 7.10. The predicted octanol–water partition coefficient (Wildman–Crippen LogP) is 3.73. The van der Waals surface area contributed by atoms with Gasteiger partial charge in [0.1, 0.15) is 0 Å². The van der Waals surface area contributed by atoms with Gasteiger partial charge in [-0.05, 0) is 49.7 Å². The summed E-state index contributed by atoms with van der Waals surface area (Å²) in [7, 11) is 4.19. The predicted molar refractivity (Wildman–Crippen MR) is 80.2 cm³/mol. The molecule has 0 atom stereocenters. The summed E-state index contributed by atoms with van der Waals surface area (Å²) in [6, 6.07) is 10.7. The molecule has 2 rings (SSSR count). The molecule has 0 bridgehead atoms. The lowest BCUT2D eigenvalue weighted by molar-refractivity contribution is 0.403. The third-order valence-electron chi connectivity index (χ3n) is 2.91. The van der Waals surface area contributed by atoms with Crippen molar-refractivity contribution in [2.45, 2.75) is 20.0 Å². The molecule has 3 heteroatoms. The standard InChI is InChI=1S/C15H20N2S/c1-12-8-9-18-15(12)10-16-14-7-5-4-6-13(14)11-17(2)3/h4-9,16H,10-11H2,1-3H3. The molecule has 18 heavy (non-hydrogen) atoms. The molecular formula is C15H20N2S. The van der Waals surface area contributed by atoms with E-state index < -0.39 is 0 Å². The number of thiophene rings is 1. The minimum atomic E-state index is 0.911. The average Bonchev–Trinajstić information content (AvgIpc) is 2.73. The van der Waals surface area contributed by atoms with Crippen LogP contribution in [0, 0.1) is 6.92 Å². The normalized spacial score (nSPS) is 10.9. The van der Waals surface area contributed by atoms with Gasteiger partial charge in [-0.25, -0.2) is 0 Å². The maximum absolute atomic E-state index is 3.55. The van der Waals surface area contributed by atoms with Gasteiger partial charge in [-0.3, -0.25) is 0 Å². The van der Waals surface area contributed by atoms with E-state index in [-0.39, 0.29) is 0 Å². The Labute approximate surface area is 113 Å². The average molecular weight is 260 g/mol. The summed E-state index contributed by atoms with van der Waals surface area (Å²) in [5.74, 6) is 0. The van der Waals surface area contributed by atoms with E-state index in [4.69, 9.17) is 0 Å². The van der Waals surface area contributed by atoms with Crippen LogP contribution in [0.5, 0.6) is 0 Å². The highest BCUT2D eigenvalue weighted by Crippen LogP contribution is 2.20. The lowest BCUT2D eigenvalue weighted by Crippen LogP contribution is -2.12. The molecule has 1 heterocycles.